The fourth-order valence-electron chi connectivity index (χ4n) is 1.50. The molecular formula is C10H6ClF10N. The lowest BCUT2D eigenvalue weighted by Gasteiger charge is -2.30. The third kappa shape index (κ3) is 3.33. The number of alkyl halides is 10. The van der Waals surface area contributed by atoms with Gasteiger partial charge < -0.3 is 5.73 Å². The van der Waals surface area contributed by atoms with Crippen molar-refractivity contribution in [3.05, 3.63) is 29.3 Å². The Kier molecular flexibility index (Phi) is 5.31. The van der Waals surface area contributed by atoms with Gasteiger partial charge in [-0.05, 0) is 12.1 Å². The highest BCUT2D eigenvalue weighted by atomic mass is 35.5. The van der Waals surface area contributed by atoms with E-state index in [0.29, 0.717) is 0 Å². The molecule has 128 valence electrons. The summed E-state index contributed by atoms with van der Waals surface area (Å²) in [4.78, 5) is 0. The van der Waals surface area contributed by atoms with Gasteiger partial charge in [-0.2, -0.15) is 39.5 Å². The minimum Gasteiger partial charge on any atom is -0.398 e. The van der Waals surface area contributed by atoms with Crippen LogP contribution in [0.25, 0.3) is 0 Å². The van der Waals surface area contributed by atoms with Crippen LogP contribution in [0.4, 0.5) is 49.6 Å². The Morgan fingerprint density at radius 3 is 1.45 bits per heavy atom. The Hall–Kier alpha value is -1.39. The van der Waals surface area contributed by atoms with Gasteiger partial charge in [-0.15, -0.1) is 12.4 Å². The molecule has 0 atom stereocenters. The Labute approximate surface area is 122 Å². The van der Waals surface area contributed by atoms with Crippen LogP contribution in [-0.4, -0.2) is 12.4 Å². The van der Waals surface area contributed by atoms with Gasteiger partial charge in [0.05, 0.1) is 5.56 Å². The summed E-state index contributed by atoms with van der Waals surface area (Å²) in [6.45, 7) is 0. The van der Waals surface area contributed by atoms with Crippen molar-refractivity contribution in [3.8, 4) is 0 Å². The molecule has 22 heavy (non-hydrogen) atoms. The molecule has 2 N–H and O–H groups in total. The fourth-order valence-corrected chi connectivity index (χ4v) is 1.50. The van der Waals surface area contributed by atoms with E-state index in [0.717, 1.165) is 0 Å². The van der Waals surface area contributed by atoms with Crippen molar-refractivity contribution in [2.45, 2.75) is 24.2 Å². The summed E-state index contributed by atoms with van der Waals surface area (Å²) in [5, 5.41) is 0. The van der Waals surface area contributed by atoms with Crippen LogP contribution in [-0.2, 0) is 11.8 Å². The summed E-state index contributed by atoms with van der Waals surface area (Å²) in [6.07, 6.45) is -18.3. The second kappa shape index (κ2) is 5.67. The van der Waals surface area contributed by atoms with Crippen LogP contribution >= 0.6 is 12.4 Å². The number of halogens is 11. The van der Waals surface area contributed by atoms with E-state index < -0.39 is 47.1 Å². The van der Waals surface area contributed by atoms with Crippen LogP contribution in [0.5, 0.6) is 0 Å². The van der Waals surface area contributed by atoms with E-state index in [-0.39, 0.29) is 24.5 Å². The molecule has 1 aromatic carbocycles. The maximum atomic E-state index is 13.6. The van der Waals surface area contributed by atoms with Gasteiger partial charge in [-0.25, -0.2) is 4.39 Å². The van der Waals surface area contributed by atoms with E-state index in [1.807, 2.05) is 0 Å². The van der Waals surface area contributed by atoms with E-state index in [1.165, 1.54) is 0 Å². The summed E-state index contributed by atoms with van der Waals surface area (Å²) in [6, 6.07) is -0.564. The molecule has 0 aliphatic heterocycles. The summed E-state index contributed by atoms with van der Waals surface area (Å²) in [5.41, 5.74) is -6.47. The third-order valence-electron chi connectivity index (χ3n) is 2.54. The number of hydrogen-bond acceptors (Lipinski definition) is 1. The lowest BCUT2D eigenvalue weighted by Crippen LogP contribution is -2.50. The molecule has 0 heterocycles. The molecule has 0 bridgehead atoms. The van der Waals surface area contributed by atoms with Gasteiger partial charge in [0, 0.05) is 11.3 Å². The molecule has 1 aromatic rings. The minimum atomic E-state index is -6.50. The van der Waals surface area contributed by atoms with Crippen LogP contribution < -0.4 is 5.73 Å². The van der Waals surface area contributed by atoms with Crippen LogP contribution in [0.1, 0.15) is 11.1 Å². The van der Waals surface area contributed by atoms with Gasteiger partial charge >= 0.3 is 24.2 Å². The van der Waals surface area contributed by atoms with Crippen LogP contribution in [0, 0.1) is 0 Å². The van der Waals surface area contributed by atoms with Crippen LogP contribution in [0.3, 0.4) is 0 Å². The smallest absolute Gasteiger partial charge is 0.398 e. The molecular weight excluding hydrogens is 360 g/mol. The maximum Gasteiger partial charge on any atom is 0.435 e. The molecule has 0 fully saturated rings. The van der Waals surface area contributed by atoms with Crippen LogP contribution in [0.2, 0.25) is 0 Å². The van der Waals surface area contributed by atoms with Crippen molar-refractivity contribution in [3.63, 3.8) is 0 Å². The van der Waals surface area contributed by atoms with Gasteiger partial charge in [-0.3, -0.25) is 0 Å². The zero-order valence-corrected chi connectivity index (χ0v) is 10.8. The second-order valence-electron chi connectivity index (χ2n) is 3.95. The Bertz CT molecular complexity index is 516. The van der Waals surface area contributed by atoms with E-state index in [1.54, 1.807) is 0 Å². The molecule has 0 saturated heterocycles. The van der Waals surface area contributed by atoms with Gasteiger partial charge in [-0.1, -0.05) is 6.07 Å². The molecule has 0 spiro atoms. The zero-order chi connectivity index (χ0) is 16.9. The maximum absolute atomic E-state index is 13.6. The SMILES string of the molecule is Cl.Nc1ccc(C(F)(C(F)(F)F)C(F)(F)F)cc1C(F)(F)F. The molecule has 0 aromatic heterocycles. The summed E-state index contributed by atoms with van der Waals surface area (Å²) in [7, 11) is 0. The quantitative estimate of drug-likeness (QED) is 0.550. The molecule has 0 aliphatic rings. The average Bonchev–Trinajstić information content (AvgIpc) is 2.23. The average molecular weight is 366 g/mol. The number of hydrogen-bond donors (Lipinski definition) is 1. The first-order valence-electron chi connectivity index (χ1n) is 4.92. The van der Waals surface area contributed by atoms with E-state index in [2.05, 4.69) is 0 Å². The van der Waals surface area contributed by atoms with Gasteiger partial charge in [0.1, 0.15) is 0 Å². The number of benzene rings is 1. The highest BCUT2D eigenvalue weighted by Gasteiger charge is 2.73. The van der Waals surface area contributed by atoms with Crippen molar-refractivity contribution in [2.24, 2.45) is 0 Å². The van der Waals surface area contributed by atoms with Crippen molar-refractivity contribution in [1.29, 1.82) is 0 Å². The van der Waals surface area contributed by atoms with Crippen molar-refractivity contribution in [1.82, 2.24) is 0 Å². The topological polar surface area (TPSA) is 26.0 Å². The molecule has 0 saturated carbocycles. The molecule has 1 nitrogen and oxygen atoms in total. The second-order valence-corrected chi connectivity index (χ2v) is 3.95. The first-order chi connectivity index (χ1) is 9.12. The zero-order valence-electron chi connectivity index (χ0n) is 10.00. The first kappa shape index (κ1) is 20.6. The van der Waals surface area contributed by atoms with Gasteiger partial charge in [0.25, 0.3) is 0 Å². The third-order valence-corrected chi connectivity index (χ3v) is 2.54. The monoisotopic (exact) mass is 365 g/mol. The number of nitrogen functional groups attached to an aromatic ring is 1. The molecule has 12 heteroatoms. The van der Waals surface area contributed by atoms with E-state index in [4.69, 9.17) is 5.73 Å². The molecule has 0 amide bonds. The standard InChI is InChI=1S/C10H5F10N.ClH/c11-7(9(15,16)17,10(18,19)20)4-1-2-6(21)5(3-4)8(12,13)14;/h1-3H,21H2;1H. The van der Waals surface area contributed by atoms with Gasteiger partial charge in [0.2, 0.25) is 0 Å². The fraction of sp³-hybridized carbons (Fsp3) is 0.400. The van der Waals surface area contributed by atoms with Crippen molar-refractivity contribution in [2.75, 3.05) is 5.73 Å². The number of rotatable bonds is 1. The first-order valence-corrected chi connectivity index (χ1v) is 4.92. The Morgan fingerprint density at radius 2 is 1.14 bits per heavy atom. The van der Waals surface area contributed by atoms with E-state index in [9.17, 15) is 43.9 Å². The predicted octanol–water partition coefficient (Wildman–Crippen LogP) is 5.00. The largest absolute Gasteiger partial charge is 0.435 e. The molecule has 0 radical (unpaired) electrons. The minimum absolute atomic E-state index is 0. The normalized spacial score (nSPS) is 13.7. The number of anilines is 1. The highest BCUT2D eigenvalue weighted by molar-refractivity contribution is 5.85. The lowest BCUT2D eigenvalue weighted by atomic mass is 9.92. The predicted molar refractivity (Wildman–Crippen MR) is 58.0 cm³/mol. The summed E-state index contributed by atoms with van der Waals surface area (Å²) in [5.74, 6) is 0. The highest BCUT2D eigenvalue weighted by Crippen LogP contribution is 2.54. The molecule has 0 unspecified atom stereocenters. The van der Waals surface area contributed by atoms with Gasteiger partial charge in [0.15, 0.2) is 0 Å². The molecule has 0 aliphatic carbocycles. The van der Waals surface area contributed by atoms with Crippen molar-refractivity contribution >= 4 is 18.1 Å². The van der Waals surface area contributed by atoms with Crippen LogP contribution in [0.15, 0.2) is 18.2 Å². The Morgan fingerprint density at radius 1 is 0.727 bits per heavy atom. The summed E-state index contributed by atoms with van der Waals surface area (Å²) >= 11 is 0. The lowest BCUT2D eigenvalue weighted by molar-refractivity contribution is -0.348. The number of nitrogens with two attached hydrogens (primary N) is 1. The summed E-state index contributed by atoms with van der Waals surface area (Å²) < 4.78 is 125. The van der Waals surface area contributed by atoms with Crippen molar-refractivity contribution < 1.29 is 43.9 Å². The van der Waals surface area contributed by atoms with E-state index >= 15 is 0 Å². The molecule has 1 rings (SSSR count). The Balaban J connectivity index is 0.00000441.